The SMILES string of the molecule is CC(=O)c1ccc(NC(=O)[C@@H](C)OC(=O)C2=NNC(=O)CC2)cc1. The number of anilines is 1. The lowest BCUT2D eigenvalue weighted by Crippen LogP contribution is -2.35. The Kier molecular flexibility index (Phi) is 5.41. The van der Waals surface area contributed by atoms with E-state index in [-0.39, 0.29) is 30.2 Å². The summed E-state index contributed by atoms with van der Waals surface area (Å²) in [5, 5.41) is 6.20. The van der Waals surface area contributed by atoms with E-state index < -0.39 is 18.0 Å². The number of benzene rings is 1. The molecule has 0 saturated heterocycles. The predicted molar refractivity (Wildman–Crippen MR) is 85.4 cm³/mol. The first kappa shape index (κ1) is 17.3. The van der Waals surface area contributed by atoms with E-state index in [0.717, 1.165) is 0 Å². The van der Waals surface area contributed by atoms with Gasteiger partial charge < -0.3 is 10.1 Å². The molecule has 1 aromatic carbocycles. The molecule has 24 heavy (non-hydrogen) atoms. The third-order valence-corrected chi connectivity index (χ3v) is 3.35. The molecule has 0 saturated carbocycles. The standard InChI is InChI=1S/C16H17N3O5/c1-9(20)11-3-5-12(6-4-11)17-15(22)10(2)24-16(23)13-7-8-14(21)19-18-13/h3-6,10H,7-8H2,1-2H3,(H,17,22)(H,19,21)/t10-/m1/s1. The second-order valence-electron chi connectivity index (χ2n) is 5.26. The molecule has 2 rings (SSSR count). The number of carbonyl (C=O) groups is 4. The van der Waals surface area contributed by atoms with Gasteiger partial charge in [-0.1, -0.05) is 0 Å². The van der Waals surface area contributed by atoms with E-state index >= 15 is 0 Å². The van der Waals surface area contributed by atoms with Crippen LogP contribution in [-0.4, -0.2) is 35.4 Å². The first-order valence-electron chi connectivity index (χ1n) is 7.35. The number of amides is 2. The van der Waals surface area contributed by atoms with Crippen LogP contribution in [-0.2, 0) is 19.1 Å². The van der Waals surface area contributed by atoms with E-state index in [1.807, 2.05) is 0 Å². The molecule has 2 N–H and O–H groups in total. The molecule has 0 fully saturated rings. The number of Topliss-reactive ketones (excluding diaryl/α,β-unsaturated/α-hetero) is 1. The summed E-state index contributed by atoms with van der Waals surface area (Å²) < 4.78 is 5.03. The van der Waals surface area contributed by atoms with Crippen LogP contribution in [0.1, 0.15) is 37.0 Å². The average molecular weight is 331 g/mol. The lowest BCUT2D eigenvalue weighted by Gasteiger charge is -2.16. The Morgan fingerprint density at radius 3 is 2.42 bits per heavy atom. The molecule has 0 spiro atoms. The van der Waals surface area contributed by atoms with Gasteiger partial charge in [-0.05, 0) is 38.1 Å². The number of carbonyl (C=O) groups excluding carboxylic acids is 4. The highest BCUT2D eigenvalue weighted by atomic mass is 16.5. The Morgan fingerprint density at radius 2 is 1.88 bits per heavy atom. The number of nitrogens with zero attached hydrogens (tertiary/aromatic N) is 1. The third kappa shape index (κ3) is 4.48. The summed E-state index contributed by atoms with van der Waals surface area (Å²) in [4.78, 5) is 46.1. The fourth-order valence-corrected chi connectivity index (χ4v) is 1.94. The van der Waals surface area contributed by atoms with Gasteiger partial charge >= 0.3 is 5.97 Å². The van der Waals surface area contributed by atoms with Crippen molar-refractivity contribution in [2.24, 2.45) is 5.10 Å². The van der Waals surface area contributed by atoms with Gasteiger partial charge in [0.15, 0.2) is 11.9 Å². The zero-order chi connectivity index (χ0) is 17.7. The van der Waals surface area contributed by atoms with Gasteiger partial charge in [0.25, 0.3) is 5.91 Å². The highest BCUT2D eigenvalue weighted by Gasteiger charge is 2.24. The van der Waals surface area contributed by atoms with Crippen LogP contribution in [0.3, 0.4) is 0 Å². The van der Waals surface area contributed by atoms with Gasteiger partial charge in [-0.3, -0.25) is 14.4 Å². The molecule has 0 unspecified atom stereocenters. The van der Waals surface area contributed by atoms with Gasteiger partial charge in [-0.25, -0.2) is 10.2 Å². The van der Waals surface area contributed by atoms with Crippen LogP contribution in [0.4, 0.5) is 5.69 Å². The number of ketones is 1. The van der Waals surface area contributed by atoms with Crippen molar-refractivity contribution in [1.29, 1.82) is 0 Å². The van der Waals surface area contributed by atoms with Crippen molar-refractivity contribution in [3.8, 4) is 0 Å². The molecule has 1 aromatic rings. The van der Waals surface area contributed by atoms with Gasteiger partial charge in [0.1, 0.15) is 5.71 Å². The molecule has 1 atom stereocenters. The molecular formula is C16H17N3O5. The zero-order valence-corrected chi connectivity index (χ0v) is 13.3. The Morgan fingerprint density at radius 1 is 1.21 bits per heavy atom. The van der Waals surface area contributed by atoms with Crippen molar-refractivity contribution in [3.05, 3.63) is 29.8 Å². The zero-order valence-electron chi connectivity index (χ0n) is 13.3. The molecule has 0 aliphatic carbocycles. The lowest BCUT2D eigenvalue weighted by molar-refractivity contribution is -0.146. The first-order valence-corrected chi connectivity index (χ1v) is 7.35. The van der Waals surface area contributed by atoms with Crippen molar-refractivity contribution < 1.29 is 23.9 Å². The maximum Gasteiger partial charge on any atom is 0.355 e. The quantitative estimate of drug-likeness (QED) is 0.618. The average Bonchev–Trinajstić information content (AvgIpc) is 2.55. The number of rotatable bonds is 5. The minimum absolute atomic E-state index is 0.0695. The number of hydrazone groups is 1. The molecular weight excluding hydrogens is 314 g/mol. The monoisotopic (exact) mass is 331 g/mol. The predicted octanol–water partition coefficient (Wildman–Crippen LogP) is 1.03. The molecule has 0 bridgehead atoms. The smallest absolute Gasteiger partial charge is 0.355 e. The van der Waals surface area contributed by atoms with Crippen molar-refractivity contribution in [3.63, 3.8) is 0 Å². The van der Waals surface area contributed by atoms with Gasteiger partial charge in [0.2, 0.25) is 5.91 Å². The van der Waals surface area contributed by atoms with Crippen LogP contribution in [0.15, 0.2) is 29.4 Å². The third-order valence-electron chi connectivity index (χ3n) is 3.35. The summed E-state index contributed by atoms with van der Waals surface area (Å²) >= 11 is 0. The van der Waals surface area contributed by atoms with Crippen LogP contribution in [0.2, 0.25) is 0 Å². The highest BCUT2D eigenvalue weighted by molar-refractivity contribution is 6.37. The fourth-order valence-electron chi connectivity index (χ4n) is 1.94. The molecule has 126 valence electrons. The second-order valence-corrected chi connectivity index (χ2v) is 5.26. The Hall–Kier alpha value is -3.03. The number of ether oxygens (including phenoxy) is 1. The minimum Gasteiger partial charge on any atom is -0.448 e. The summed E-state index contributed by atoms with van der Waals surface area (Å²) in [6.45, 7) is 2.88. The lowest BCUT2D eigenvalue weighted by atomic mass is 10.1. The summed E-state index contributed by atoms with van der Waals surface area (Å²) in [6, 6.07) is 6.36. The number of nitrogens with one attached hydrogen (secondary N) is 2. The number of hydrogen-bond donors (Lipinski definition) is 2. The summed E-state index contributed by atoms with van der Waals surface area (Å²) in [7, 11) is 0. The number of esters is 1. The van der Waals surface area contributed by atoms with E-state index in [4.69, 9.17) is 4.74 Å². The first-order chi connectivity index (χ1) is 11.4. The van der Waals surface area contributed by atoms with Crippen molar-refractivity contribution in [2.75, 3.05) is 5.32 Å². The van der Waals surface area contributed by atoms with E-state index in [2.05, 4.69) is 15.8 Å². The van der Waals surface area contributed by atoms with E-state index in [9.17, 15) is 19.2 Å². The van der Waals surface area contributed by atoms with Crippen LogP contribution in [0, 0.1) is 0 Å². The normalized spacial score (nSPS) is 14.9. The molecule has 8 nitrogen and oxygen atoms in total. The van der Waals surface area contributed by atoms with Crippen LogP contribution in [0.25, 0.3) is 0 Å². The maximum atomic E-state index is 12.0. The van der Waals surface area contributed by atoms with Crippen molar-refractivity contribution in [2.45, 2.75) is 32.8 Å². The maximum absolute atomic E-state index is 12.0. The molecule has 0 radical (unpaired) electrons. The van der Waals surface area contributed by atoms with Crippen LogP contribution < -0.4 is 10.7 Å². The van der Waals surface area contributed by atoms with Gasteiger partial charge in [-0.15, -0.1) is 0 Å². The van der Waals surface area contributed by atoms with Gasteiger partial charge in [0, 0.05) is 24.1 Å². The van der Waals surface area contributed by atoms with Crippen molar-refractivity contribution in [1.82, 2.24) is 5.43 Å². The fraction of sp³-hybridized carbons (Fsp3) is 0.312. The molecule has 0 aromatic heterocycles. The van der Waals surface area contributed by atoms with Gasteiger partial charge in [-0.2, -0.15) is 5.10 Å². The van der Waals surface area contributed by atoms with E-state index in [1.54, 1.807) is 24.3 Å². The molecule has 8 heteroatoms. The topological polar surface area (TPSA) is 114 Å². The highest BCUT2D eigenvalue weighted by Crippen LogP contribution is 2.11. The molecule has 1 aliphatic heterocycles. The van der Waals surface area contributed by atoms with Gasteiger partial charge in [0.05, 0.1) is 0 Å². The van der Waals surface area contributed by atoms with Crippen LogP contribution >= 0.6 is 0 Å². The Balaban J connectivity index is 1.91. The molecule has 1 aliphatic rings. The largest absolute Gasteiger partial charge is 0.448 e. The Labute approximate surface area is 138 Å². The Bertz CT molecular complexity index is 709. The second kappa shape index (κ2) is 7.49. The summed E-state index contributed by atoms with van der Waals surface area (Å²) in [6.07, 6.45) is -0.715. The minimum atomic E-state index is -1.04. The van der Waals surface area contributed by atoms with E-state index in [1.165, 1.54) is 13.8 Å². The summed E-state index contributed by atoms with van der Waals surface area (Å²) in [5.41, 5.74) is 3.27. The molecule has 2 amide bonds. The van der Waals surface area contributed by atoms with E-state index in [0.29, 0.717) is 11.3 Å². The van der Waals surface area contributed by atoms with Crippen LogP contribution in [0.5, 0.6) is 0 Å². The number of hydrogen-bond acceptors (Lipinski definition) is 6. The van der Waals surface area contributed by atoms with Crippen molar-refractivity contribution >= 4 is 35.0 Å². The summed E-state index contributed by atoms with van der Waals surface area (Å²) in [5.74, 6) is -1.61. The molecule has 1 heterocycles.